The molecule has 1 unspecified atom stereocenters. The summed E-state index contributed by atoms with van der Waals surface area (Å²) in [7, 11) is 0. The lowest BCUT2D eigenvalue weighted by Gasteiger charge is -2.37. The number of hydrogen-bond acceptors (Lipinski definition) is 3. The number of aliphatic hydroxyl groups excluding tert-OH is 1. The van der Waals surface area contributed by atoms with Gasteiger partial charge in [0.1, 0.15) is 0 Å². The predicted octanol–water partition coefficient (Wildman–Crippen LogP) is 1.30. The van der Waals surface area contributed by atoms with Crippen molar-refractivity contribution in [1.29, 1.82) is 0 Å². The summed E-state index contributed by atoms with van der Waals surface area (Å²) in [6.45, 7) is 7.40. The van der Waals surface area contributed by atoms with Crippen LogP contribution < -0.4 is 5.32 Å². The van der Waals surface area contributed by atoms with Gasteiger partial charge in [-0.2, -0.15) is 0 Å². The van der Waals surface area contributed by atoms with Gasteiger partial charge in [-0.25, -0.2) is 0 Å². The molecule has 0 amide bonds. The maximum atomic E-state index is 9.09. The molecule has 0 aromatic carbocycles. The normalized spacial score (nSPS) is 28.7. The number of hydrogen-bond donors (Lipinski definition) is 2. The average Bonchev–Trinajstić information content (AvgIpc) is 2.12. The molecule has 0 aliphatic carbocycles. The lowest BCUT2D eigenvalue weighted by Crippen LogP contribution is -2.48. The summed E-state index contributed by atoms with van der Waals surface area (Å²) in [4.78, 5) is 0. The maximum Gasteiger partial charge on any atom is 0.0641 e. The van der Waals surface area contributed by atoms with Gasteiger partial charge in [0.2, 0.25) is 0 Å². The van der Waals surface area contributed by atoms with Gasteiger partial charge in [0.15, 0.2) is 0 Å². The van der Waals surface area contributed by atoms with Crippen LogP contribution in [0.15, 0.2) is 0 Å². The molecule has 2 atom stereocenters. The van der Waals surface area contributed by atoms with Crippen LogP contribution in [0.25, 0.3) is 0 Å². The van der Waals surface area contributed by atoms with Crippen molar-refractivity contribution in [2.75, 3.05) is 13.2 Å². The van der Waals surface area contributed by atoms with E-state index in [1.807, 2.05) is 0 Å². The highest BCUT2D eigenvalue weighted by Crippen LogP contribution is 2.24. The fourth-order valence-corrected chi connectivity index (χ4v) is 2.01. The summed E-state index contributed by atoms with van der Waals surface area (Å²) in [5, 5.41) is 12.6. The highest BCUT2D eigenvalue weighted by molar-refractivity contribution is 4.84. The largest absolute Gasteiger partial charge is 0.395 e. The Bertz CT molecular complexity index is 167. The maximum absolute atomic E-state index is 9.09. The molecule has 0 spiro atoms. The molecule has 1 heterocycles. The lowest BCUT2D eigenvalue weighted by atomic mass is 9.93. The van der Waals surface area contributed by atoms with Gasteiger partial charge in [-0.15, -0.1) is 0 Å². The van der Waals surface area contributed by atoms with Gasteiger partial charge in [0.05, 0.1) is 12.2 Å². The molecular weight excluding hydrogens is 178 g/mol. The second kappa shape index (κ2) is 5.10. The minimum absolute atomic E-state index is 0.0103. The standard InChI is InChI=1S/C11H23NO2/c1-4-9(8-13)12-10-5-6-14-11(2,3)7-10/h9-10,12-13H,4-8H2,1-3H3/t9-,10?/m0/s1. The van der Waals surface area contributed by atoms with E-state index in [0.717, 1.165) is 25.9 Å². The van der Waals surface area contributed by atoms with Crippen LogP contribution in [0.1, 0.15) is 40.0 Å². The van der Waals surface area contributed by atoms with Crippen LogP contribution in [-0.4, -0.2) is 36.0 Å². The molecule has 3 heteroatoms. The van der Waals surface area contributed by atoms with Crippen molar-refractivity contribution in [3.8, 4) is 0 Å². The zero-order valence-electron chi connectivity index (χ0n) is 9.55. The summed E-state index contributed by atoms with van der Waals surface area (Å²) < 4.78 is 5.64. The van der Waals surface area contributed by atoms with E-state index in [9.17, 15) is 0 Å². The Balaban J connectivity index is 2.37. The molecule has 0 radical (unpaired) electrons. The Morgan fingerprint density at radius 2 is 2.29 bits per heavy atom. The van der Waals surface area contributed by atoms with Crippen LogP contribution in [0.2, 0.25) is 0 Å². The zero-order chi connectivity index (χ0) is 10.6. The smallest absolute Gasteiger partial charge is 0.0641 e. The molecule has 1 saturated heterocycles. The molecule has 1 aliphatic rings. The van der Waals surface area contributed by atoms with E-state index in [2.05, 4.69) is 26.1 Å². The summed E-state index contributed by atoms with van der Waals surface area (Å²) in [6, 6.07) is 0.741. The van der Waals surface area contributed by atoms with Gasteiger partial charge in [0.25, 0.3) is 0 Å². The second-order valence-corrected chi connectivity index (χ2v) is 4.75. The van der Waals surface area contributed by atoms with Crippen LogP contribution in [0.5, 0.6) is 0 Å². The fraction of sp³-hybridized carbons (Fsp3) is 1.00. The Hall–Kier alpha value is -0.120. The van der Waals surface area contributed by atoms with Crippen LogP contribution in [-0.2, 0) is 4.74 Å². The average molecular weight is 201 g/mol. The highest BCUT2D eigenvalue weighted by Gasteiger charge is 2.29. The van der Waals surface area contributed by atoms with Crippen molar-refractivity contribution in [2.45, 2.75) is 57.7 Å². The monoisotopic (exact) mass is 201 g/mol. The van der Waals surface area contributed by atoms with Gasteiger partial charge < -0.3 is 15.2 Å². The first kappa shape index (κ1) is 12.0. The molecule has 2 N–H and O–H groups in total. The molecule has 1 rings (SSSR count). The zero-order valence-corrected chi connectivity index (χ0v) is 9.55. The molecule has 84 valence electrons. The summed E-state index contributed by atoms with van der Waals surface area (Å²) in [6.07, 6.45) is 3.07. The number of rotatable bonds is 4. The summed E-state index contributed by atoms with van der Waals surface area (Å²) in [5.41, 5.74) is -0.0103. The van der Waals surface area contributed by atoms with Crippen molar-refractivity contribution in [1.82, 2.24) is 5.32 Å². The van der Waals surface area contributed by atoms with Gasteiger partial charge in [-0.05, 0) is 33.1 Å². The first-order chi connectivity index (χ1) is 6.57. The molecule has 0 saturated carbocycles. The predicted molar refractivity (Wildman–Crippen MR) is 57.4 cm³/mol. The minimum Gasteiger partial charge on any atom is -0.395 e. The van der Waals surface area contributed by atoms with E-state index < -0.39 is 0 Å². The van der Waals surface area contributed by atoms with Gasteiger partial charge >= 0.3 is 0 Å². The van der Waals surface area contributed by atoms with Crippen LogP contribution in [0.3, 0.4) is 0 Å². The van der Waals surface area contributed by atoms with Gasteiger partial charge in [-0.1, -0.05) is 6.92 Å². The van der Waals surface area contributed by atoms with E-state index in [0.29, 0.717) is 6.04 Å². The van der Waals surface area contributed by atoms with E-state index in [-0.39, 0.29) is 18.2 Å². The second-order valence-electron chi connectivity index (χ2n) is 4.75. The Labute approximate surface area is 86.8 Å². The first-order valence-electron chi connectivity index (χ1n) is 5.58. The molecule has 0 bridgehead atoms. The van der Waals surface area contributed by atoms with Crippen LogP contribution in [0, 0.1) is 0 Å². The third-order valence-electron chi connectivity index (χ3n) is 2.88. The van der Waals surface area contributed by atoms with Crippen molar-refractivity contribution in [2.24, 2.45) is 0 Å². The molecule has 1 fully saturated rings. The summed E-state index contributed by atoms with van der Waals surface area (Å²) in [5.74, 6) is 0. The van der Waals surface area contributed by atoms with Gasteiger partial charge in [0, 0.05) is 18.7 Å². The quantitative estimate of drug-likeness (QED) is 0.720. The van der Waals surface area contributed by atoms with E-state index in [1.165, 1.54) is 0 Å². The van der Waals surface area contributed by atoms with E-state index >= 15 is 0 Å². The molecule has 14 heavy (non-hydrogen) atoms. The number of ether oxygens (including phenoxy) is 1. The van der Waals surface area contributed by atoms with Crippen molar-refractivity contribution in [3.63, 3.8) is 0 Å². The van der Waals surface area contributed by atoms with Crippen LogP contribution in [0.4, 0.5) is 0 Å². The SMILES string of the molecule is CC[C@@H](CO)NC1CCOC(C)(C)C1. The molecule has 0 aromatic rings. The third kappa shape index (κ3) is 3.56. The Morgan fingerprint density at radius 1 is 1.57 bits per heavy atom. The first-order valence-corrected chi connectivity index (χ1v) is 5.58. The summed E-state index contributed by atoms with van der Waals surface area (Å²) >= 11 is 0. The topological polar surface area (TPSA) is 41.5 Å². The van der Waals surface area contributed by atoms with E-state index in [4.69, 9.17) is 9.84 Å². The van der Waals surface area contributed by atoms with E-state index in [1.54, 1.807) is 0 Å². The molecule has 1 aliphatic heterocycles. The van der Waals surface area contributed by atoms with Crippen molar-refractivity contribution < 1.29 is 9.84 Å². The Kier molecular flexibility index (Phi) is 4.35. The van der Waals surface area contributed by atoms with Crippen LogP contribution >= 0.6 is 0 Å². The third-order valence-corrected chi connectivity index (χ3v) is 2.88. The minimum atomic E-state index is -0.0103. The molecule has 0 aromatic heterocycles. The van der Waals surface area contributed by atoms with Gasteiger partial charge in [-0.3, -0.25) is 0 Å². The fourth-order valence-electron chi connectivity index (χ4n) is 2.01. The Morgan fingerprint density at radius 3 is 2.79 bits per heavy atom. The van der Waals surface area contributed by atoms with Crippen molar-refractivity contribution in [3.05, 3.63) is 0 Å². The number of nitrogens with one attached hydrogen (secondary N) is 1. The molecule has 3 nitrogen and oxygen atoms in total. The molecular formula is C11H23NO2. The lowest BCUT2D eigenvalue weighted by molar-refractivity contribution is -0.0649. The highest BCUT2D eigenvalue weighted by atomic mass is 16.5. The number of aliphatic hydroxyl groups is 1. The van der Waals surface area contributed by atoms with Crippen molar-refractivity contribution >= 4 is 0 Å².